The van der Waals surface area contributed by atoms with Gasteiger partial charge in [-0.05, 0) is 38.0 Å². The van der Waals surface area contributed by atoms with Gasteiger partial charge in [-0.3, -0.25) is 4.79 Å². The molecule has 1 aromatic heterocycles. The molecular weight excluding hydrogens is 394 g/mol. The second kappa shape index (κ2) is 8.71. The molecule has 1 aromatic carbocycles. The van der Waals surface area contributed by atoms with Crippen LogP contribution < -0.4 is 5.32 Å². The first-order valence-electron chi connectivity index (χ1n) is 9.63. The van der Waals surface area contributed by atoms with Crippen molar-refractivity contribution in [3.8, 4) is 0 Å². The van der Waals surface area contributed by atoms with Gasteiger partial charge < -0.3 is 5.32 Å². The number of benzene rings is 1. The van der Waals surface area contributed by atoms with Gasteiger partial charge in [-0.25, -0.2) is 13.4 Å². The minimum atomic E-state index is -3.60. The molecule has 6 nitrogen and oxygen atoms in total. The smallest absolute Gasteiger partial charge is 0.251 e. The Labute approximate surface area is 171 Å². The summed E-state index contributed by atoms with van der Waals surface area (Å²) in [7, 11) is -3.60. The SMILES string of the molecule is CC(C)c1nc(CNC(=O)c2cccc(S(=O)(=O)N3CCCCC3C)c2)cs1. The number of nitrogens with one attached hydrogen (secondary N) is 1. The predicted molar refractivity (Wildman–Crippen MR) is 111 cm³/mol. The Kier molecular flexibility index (Phi) is 6.52. The highest BCUT2D eigenvalue weighted by atomic mass is 32.2. The first-order chi connectivity index (χ1) is 13.3. The molecular formula is C20H27N3O3S2. The zero-order chi connectivity index (χ0) is 20.3. The van der Waals surface area contributed by atoms with Gasteiger partial charge >= 0.3 is 0 Å². The van der Waals surface area contributed by atoms with Gasteiger partial charge in [0, 0.05) is 29.4 Å². The van der Waals surface area contributed by atoms with E-state index >= 15 is 0 Å². The number of hydrogen-bond donors (Lipinski definition) is 1. The average molecular weight is 422 g/mol. The van der Waals surface area contributed by atoms with Gasteiger partial charge in [0.15, 0.2) is 0 Å². The van der Waals surface area contributed by atoms with Crippen LogP contribution in [-0.4, -0.2) is 36.2 Å². The number of piperidine rings is 1. The lowest BCUT2D eigenvalue weighted by Crippen LogP contribution is -2.42. The Morgan fingerprint density at radius 2 is 2.14 bits per heavy atom. The molecule has 1 saturated heterocycles. The van der Waals surface area contributed by atoms with Gasteiger partial charge in [0.05, 0.1) is 22.1 Å². The van der Waals surface area contributed by atoms with E-state index < -0.39 is 10.0 Å². The summed E-state index contributed by atoms with van der Waals surface area (Å²) in [5.41, 5.74) is 1.15. The second-order valence-corrected chi connectivity index (χ2v) is 10.3. The molecule has 152 valence electrons. The molecule has 0 spiro atoms. The van der Waals surface area contributed by atoms with E-state index in [4.69, 9.17) is 0 Å². The number of nitrogens with zero attached hydrogens (tertiary/aromatic N) is 2. The maximum atomic E-state index is 13.0. The summed E-state index contributed by atoms with van der Waals surface area (Å²) in [5, 5.41) is 5.81. The van der Waals surface area contributed by atoms with Crippen LogP contribution in [0.4, 0.5) is 0 Å². The summed E-state index contributed by atoms with van der Waals surface area (Å²) in [6, 6.07) is 6.26. The van der Waals surface area contributed by atoms with E-state index in [1.165, 1.54) is 6.07 Å². The fourth-order valence-electron chi connectivity index (χ4n) is 3.30. The minimum Gasteiger partial charge on any atom is -0.346 e. The van der Waals surface area contributed by atoms with Crippen molar-refractivity contribution in [2.45, 2.75) is 63.4 Å². The Balaban J connectivity index is 1.72. The first kappa shape index (κ1) is 21.0. The van der Waals surface area contributed by atoms with Crippen molar-refractivity contribution in [2.75, 3.05) is 6.54 Å². The van der Waals surface area contributed by atoms with Gasteiger partial charge in [0.1, 0.15) is 0 Å². The predicted octanol–water partition coefficient (Wildman–Crippen LogP) is 3.76. The van der Waals surface area contributed by atoms with Crippen LogP contribution in [0.1, 0.15) is 67.0 Å². The van der Waals surface area contributed by atoms with Crippen molar-refractivity contribution in [3.05, 3.63) is 45.9 Å². The summed E-state index contributed by atoms with van der Waals surface area (Å²) in [6.07, 6.45) is 2.78. The number of sulfonamides is 1. The largest absolute Gasteiger partial charge is 0.346 e. The van der Waals surface area contributed by atoms with Crippen LogP contribution >= 0.6 is 11.3 Å². The molecule has 1 unspecified atom stereocenters. The van der Waals surface area contributed by atoms with Crippen molar-refractivity contribution in [2.24, 2.45) is 0 Å². The van der Waals surface area contributed by atoms with Crippen molar-refractivity contribution in [1.82, 2.24) is 14.6 Å². The minimum absolute atomic E-state index is 0.0175. The fourth-order valence-corrected chi connectivity index (χ4v) is 5.88. The lowest BCUT2D eigenvalue weighted by molar-refractivity contribution is 0.0950. The number of carbonyl (C=O) groups is 1. The van der Waals surface area contributed by atoms with Crippen molar-refractivity contribution in [3.63, 3.8) is 0 Å². The van der Waals surface area contributed by atoms with Crippen molar-refractivity contribution >= 4 is 27.3 Å². The molecule has 0 bridgehead atoms. The molecule has 1 aliphatic heterocycles. The Morgan fingerprint density at radius 1 is 1.36 bits per heavy atom. The molecule has 0 radical (unpaired) electrons. The molecule has 1 atom stereocenters. The van der Waals surface area contributed by atoms with E-state index in [1.54, 1.807) is 33.8 Å². The summed E-state index contributed by atoms with van der Waals surface area (Å²) < 4.78 is 27.6. The highest BCUT2D eigenvalue weighted by Crippen LogP contribution is 2.25. The molecule has 1 aliphatic rings. The number of hydrogen-bond acceptors (Lipinski definition) is 5. The summed E-state index contributed by atoms with van der Waals surface area (Å²) >= 11 is 1.58. The summed E-state index contributed by atoms with van der Waals surface area (Å²) in [6.45, 7) is 6.95. The van der Waals surface area contributed by atoms with Gasteiger partial charge in [-0.1, -0.05) is 26.3 Å². The third-order valence-corrected chi connectivity index (χ3v) is 8.14. The molecule has 0 aliphatic carbocycles. The monoisotopic (exact) mass is 421 g/mol. The average Bonchev–Trinajstić information content (AvgIpc) is 3.16. The zero-order valence-electron chi connectivity index (χ0n) is 16.5. The van der Waals surface area contributed by atoms with Gasteiger partial charge in [0.25, 0.3) is 5.91 Å². The molecule has 8 heteroatoms. The number of rotatable bonds is 6. The first-order valence-corrected chi connectivity index (χ1v) is 12.0. The molecule has 3 rings (SSSR count). The fraction of sp³-hybridized carbons (Fsp3) is 0.500. The molecule has 2 heterocycles. The van der Waals surface area contributed by atoms with Crippen LogP contribution in [0.5, 0.6) is 0 Å². The highest BCUT2D eigenvalue weighted by Gasteiger charge is 2.31. The van der Waals surface area contributed by atoms with E-state index in [2.05, 4.69) is 24.1 Å². The van der Waals surface area contributed by atoms with E-state index in [1.807, 2.05) is 12.3 Å². The summed E-state index contributed by atoms with van der Waals surface area (Å²) in [5.74, 6) is 0.0522. The molecule has 28 heavy (non-hydrogen) atoms. The van der Waals surface area contributed by atoms with Gasteiger partial charge in [-0.15, -0.1) is 11.3 Å². The van der Waals surface area contributed by atoms with Gasteiger partial charge in [-0.2, -0.15) is 4.31 Å². The van der Waals surface area contributed by atoms with Crippen LogP contribution in [0.15, 0.2) is 34.5 Å². The lowest BCUT2D eigenvalue weighted by atomic mass is 10.1. The quantitative estimate of drug-likeness (QED) is 0.770. The zero-order valence-corrected chi connectivity index (χ0v) is 18.1. The van der Waals surface area contributed by atoms with Crippen LogP contribution in [0.25, 0.3) is 0 Å². The molecule has 1 N–H and O–H groups in total. The number of thiazole rings is 1. The number of amides is 1. The maximum absolute atomic E-state index is 13.0. The second-order valence-electron chi connectivity index (χ2n) is 7.50. The van der Waals surface area contributed by atoms with E-state index in [0.29, 0.717) is 24.6 Å². The normalized spacial score (nSPS) is 18.4. The molecule has 0 saturated carbocycles. The topological polar surface area (TPSA) is 79.4 Å². The van der Waals surface area contributed by atoms with Crippen LogP contribution in [-0.2, 0) is 16.6 Å². The summed E-state index contributed by atoms with van der Waals surface area (Å²) in [4.78, 5) is 17.2. The van der Waals surface area contributed by atoms with Crippen LogP contribution in [0.2, 0.25) is 0 Å². The van der Waals surface area contributed by atoms with Gasteiger partial charge in [0.2, 0.25) is 10.0 Å². The highest BCUT2D eigenvalue weighted by molar-refractivity contribution is 7.89. The molecule has 1 fully saturated rings. The maximum Gasteiger partial charge on any atom is 0.251 e. The molecule has 1 amide bonds. The van der Waals surface area contributed by atoms with E-state index in [0.717, 1.165) is 30.0 Å². The lowest BCUT2D eigenvalue weighted by Gasteiger charge is -2.32. The number of aromatic nitrogens is 1. The van der Waals surface area contributed by atoms with E-state index in [-0.39, 0.29) is 16.8 Å². The standard InChI is InChI=1S/C20H27N3O3S2/c1-14(2)20-22-17(13-27-20)12-21-19(24)16-8-6-9-18(11-16)28(25,26)23-10-5-4-7-15(23)3/h6,8-9,11,13-15H,4-5,7,10,12H2,1-3H3,(H,21,24). The van der Waals surface area contributed by atoms with Crippen LogP contribution in [0, 0.1) is 0 Å². The third kappa shape index (κ3) is 4.61. The van der Waals surface area contributed by atoms with Crippen molar-refractivity contribution < 1.29 is 13.2 Å². The Bertz CT molecular complexity index is 938. The Morgan fingerprint density at radius 3 is 2.82 bits per heavy atom. The van der Waals surface area contributed by atoms with Crippen LogP contribution in [0.3, 0.4) is 0 Å². The van der Waals surface area contributed by atoms with Crippen molar-refractivity contribution in [1.29, 1.82) is 0 Å². The Hall–Kier alpha value is -1.77. The third-order valence-electron chi connectivity index (χ3n) is 4.94. The number of carbonyl (C=O) groups excluding carboxylic acids is 1. The molecule has 2 aromatic rings. The van der Waals surface area contributed by atoms with E-state index in [9.17, 15) is 13.2 Å².